The normalized spacial score (nSPS) is 16.9. The number of carboxylic acids is 1. The number of hydrogen-bond donors (Lipinski definition) is 4. The predicted molar refractivity (Wildman–Crippen MR) is 121 cm³/mol. The van der Waals surface area contributed by atoms with E-state index in [-0.39, 0.29) is 24.2 Å². The number of alkyl carbamates (subject to hydrolysis) is 1. The Morgan fingerprint density at radius 3 is 1.90 bits per heavy atom. The molecule has 0 spiro atoms. The van der Waals surface area contributed by atoms with Crippen LogP contribution >= 0.6 is 0 Å². The maximum Gasteiger partial charge on any atom is 0.407 e. The summed E-state index contributed by atoms with van der Waals surface area (Å²) in [5.74, 6) is -2.22. The summed E-state index contributed by atoms with van der Waals surface area (Å²) in [5, 5.41) is 25.8. The minimum absolute atomic E-state index is 0.101. The smallest absolute Gasteiger partial charge is 0.407 e. The predicted octanol–water partition coefficient (Wildman–Crippen LogP) is 3.56. The fraction of sp³-hybridized carbons (Fsp3) is 0.870. The fourth-order valence-electron chi connectivity index (χ4n) is 3.33. The van der Waals surface area contributed by atoms with Gasteiger partial charge in [0.1, 0.15) is 11.6 Å². The molecule has 0 fully saturated rings. The lowest BCUT2D eigenvalue weighted by atomic mass is 9.85. The topological polar surface area (TPSA) is 125 Å². The molecule has 4 N–H and O–H groups in total. The lowest BCUT2D eigenvalue weighted by molar-refractivity contribution is -0.144. The first-order chi connectivity index (χ1) is 14.1. The van der Waals surface area contributed by atoms with E-state index in [1.807, 2.05) is 34.6 Å². The maximum atomic E-state index is 12.9. The van der Waals surface area contributed by atoms with Gasteiger partial charge in [-0.2, -0.15) is 0 Å². The molecule has 0 rings (SSSR count). The highest BCUT2D eigenvalue weighted by Crippen LogP contribution is 2.23. The van der Waals surface area contributed by atoms with Gasteiger partial charge in [-0.05, 0) is 51.4 Å². The van der Waals surface area contributed by atoms with E-state index < -0.39 is 47.7 Å². The highest BCUT2D eigenvalue weighted by molar-refractivity contribution is 5.85. The maximum absolute atomic E-state index is 12.9. The molecule has 5 atom stereocenters. The number of aliphatic hydroxyl groups excluding tert-OH is 1. The molecule has 0 aliphatic rings. The van der Waals surface area contributed by atoms with E-state index in [1.165, 1.54) is 0 Å². The quantitative estimate of drug-likeness (QED) is 0.365. The lowest BCUT2D eigenvalue weighted by Gasteiger charge is -2.31. The van der Waals surface area contributed by atoms with Crippen LogP contribution in [0, 0.1) is 23.7 Å². The van der Waals surface area contributed by atoms with Crippen LogP contribution in [0.2, 0.25) is 0 Å². The first-order valence-electron chi connectivity index (χ1n) is 11.3. The summed E-state index contributed by atoms with van der Waals surface area (Å²) in [6, 6.07) is -1.57. The molecule has 0 aromatic carbocycles. The lowest BCUT2D eigenvalue weighted by Crippen LogP contribution is -2.50. The Hall–Kier alpha value is -1.83. The van der Waals surface area contributed by atoms with Crippen LogP contribution in [0.4, 0.5) is 4.79 Å². The Bertz CT molecular complexity index is 585. The van der Waals surface area contributed by atoms with Crippen LogP contribution in [0.5, 0.6) is 0 Å². The van der Waals surface area contributed by atoms with Gasteiger partial charge in [-0.25, -0.2) is 9.59 Å². The summed E-state index contributed by atoms with van der Waals surface area (Å²) in [4.78, 5) is 36.7. The van der Waals surface area contributed by atoms with Gasteiger partial charge in [0.05, 0.1) is 12.1 Å². The molecule has 0 radical (unpaired) electrons. The molecule has 0 saturated heterocycles. The van der Waals surface area contributed by atoms with Crippen LogP contribution in [0.15, 0.2) is 0 Å². The Morgan fingerprint density at radius 1 is 0.968 bits per heavy atom. The van der Waals surface area contributed by atoms with E-state index >= 15 is 0 Å². The van der Waals surface area contributed by atoms with E-state index in [0.717, 1.165) is 0 Å². The summed E-state index contributed by atoms with van der Waals surface area (Å²) < 4.78 is 5.31. The molecule has 0 heterocycles. The van der Waals surface area contributed by atoms with Gasteiger partial charge in [0, 0.05) is 5.92 Å². The summed E-state index contributed by atoms with van der Waals surface area (Å²) in [6.45, 7) is 16.6. The molecule has 8 nitrogen and oxygen atoms in total. The number of amides is 2. The zero-order valence-electron chi connectivity index (χ0n) is 20.7. The molecule has 0 unspecified atom stereocenters. The minimum atomic E-state index is -1.07. The van der Waals surface area contributed by atoms with Crippen molar-refractivity contribution in [2.45, 2.75) is 105 Å². The zero-order chi connectivity index (χ0) is 24.5. The number of ether oxygens (including phenoxy) is 1. The van der Waals surface area contributed by atoms with Crippen molar-refractivity contribution in [3.05, 3.63) is 0 Å². The highest BCUT2D eigenvalue weighted by Gasteiger charge is 2.34. The van der Waals surface area contributed by atoms with Gasteiger partial charge < -0.3 is 25.6 Å². The number of hydrogen-bond acceptors (Lipinski definition) is 5. The SMILES string of the molecule is CC[C@H](C)[C@H](NC(=O)[C@@H](C[C@@H](O)[C@H](CC(C)C)NC(=O)OC(C)(C)C)C(C)C)C(=O)O. The van der Waals surface area contributed by atoms with Crippen LogP contribution in [-0.2, 0) is 14.3 Å². The Balaban J connectivity index is 5.41. The fourth-order valence-corrected chi connectivity index (χ4v) is 3.33. The van der Waals surface area contributed by atoms with Crippen molar-refractivity contribution in [3.8, 4) is 0 Å². The number of nitrogens with one attached hydrogen (secondary N) is 2. The van der Waals surface area contributed by atoms with Gasteiger partial charge in [-0.15, -0.1) is 0 Å². The Kier molecular flexibility index (Phi) is 12.1. The molecule has 182 valence electrons. The second kappa shape index (κ2) is 12.9. The van der Waals surface area contributed by atoms with E-state index in [2.05, 4.69) is 10.6 Å². The molecular formula is C23H44N2O6. The molecule has 0 saturated carbocycles. The van der Waals surface area contributed by atoms with Crippen molar-refractivity contribution < 1.29 is 29.3 Å². The average Bonchev–Trinajstić information content (AvgIpc) is 2.59. The molecule has 31 heavy (non-hydrogen) atoms. The van der Waals surface area contributed by atoms with Gasteiger partial charge in [0.2, 0.25) is 5.91 Å². The van der Waals surface area contributed by atoms with Crippen molar-refractivity contribution >= 4 is 18.0 Å². The molecule has 8 heteroatoms. The number of aliphatic hydroxyl groups is 1. The monoisotopic (exact) mass is 444 g/mol. The Labute approximate surface area is 187 Å². The Morgan fingerprint density at radius 2 is 1.52 bits per heavy atom. The molecule has 0 aliphatic heterocycles. The first-order valence-corrected chi connectivity index (χ1v) is 11.3. The van der Waals surface area contributed by atoms with Crippen LogP contribution in [0.3, 0.4) is 0 Å². The summed E-state index contributed by atoms with van der Waals surface area (Å²) in [6.07, 6.45) is -0.380. The molecule has 0 bridgehead atoms. The molecular weight excluding hydrogens is 400 g/mol. The van der Waals surface area contributed by atoms with Gasteiger partial charge in [0.25, 0.3) is 0 Å². The largest absolute Gasteiger partial charge is 0.480 e. The average molecular weight is 445 g/mol. The van der Waals surface area contributed by atoms with E-state index in [4.69, 9.17) is 4.74 Å². The molecule has 0 aromatic rings. The first kappa shape index (κ1) is 29.2. The van der Waals surface area contributed by atoms with E-state index in [9.17, 15) is 24.6 Å². The van der Waals surface area contributed by atoms with Crippen LogP contribution in [-0.4, -0.2) is 52.0 Å². The van der Waals surface area contributed by atoms with Gasteiger partial charge in [-0.3, -0.25) is 4.79 Å². The summed E-state index contributed by atoms with van der Waals surface area (Å²) in [7, 11) is 0. The van der Waals surface area contributed by atoms with Gasteiger partial charge >= 0.3 is 12.1 Å². The number of carboxylic acid groups (broad SMARTS) is 1. The van der Waals surface area contributed by atoms with E-state index in [0.29, 0.717) is 12.8 Å². The van der Waals surface area contributed by atoms with Gasteiger partial charge in [-0.1, -0.05) is 48.0 Å². The molecule has 0 aromatic heterocycles. The zero-order valence-corrected chi connectivity index (χ0v) is 20.7. The van der Waals surface area contributed by atoms with Gasteiger partial charge in [0.15, 0.2) is 0 Å². The van der Waals surface area contributed by atoms with Crippen molar-refractivity contribution in [2.75, 3.05) is 0 Å². The standard InChI is InChI=1S/C23H44N2O6/c1-10-15(6)19(21(28)29)25-20(27)16(14(4)5)12-18(26)17(11-13(2)3)24-22(30)31-23(7,8)9/h13-19,26H,10-12H2,1-9H3,(H,24,30)(H,25,27)(H,28,29)/t15-,16-,17-,18+,19-/m0/s1. The van der Waals surface area contributed by atoms with Crippen molar-refractivity contribution in [2.24, 2.45) is 23.7 Å². The second-order valence-electron chi connectivity index (χ2n) is 10.2. The van der Waals surface area contributed by atoms with Crippen molar-refractivity contribution in [1.82, 2.24) is 10.6 Å². The van der Waals surface area contributed by atoms with E-state index in [1.54, 1.807) is 27.7 Å². The summed E-state index contributed by atoms with van der Waals surface area (Å²) in [5.41, 5.74) is -0.667. The number of aliphatic carboxylic acids is 1. The number of carbonyl (C=O) groups excluding carboxylic acids is 2. The van der Waals surface area contributed by atoms with Crippen molar-refractivity contribution in [3.63, 3.8) is 0 Å². The van der Waals surface area contributed by atoms with Crippen LogP contribution < -0.4 is 10.6 Å². The van der Waals surface area contributed by atoms with Crippen molar-refractivity contribution in [1.29, 1.82) is 0 Å². The highest BCUT2D eigenvalue weighted by atomic mass is 16.6. The van der Waals surface area contributed by atoms with Crippen LogP contribution in [0.1, 0.15) is 81.6 Å². The number of rotatable bonds is 12. The summed E-state index contributed by atoms with van der Waals surface area (Å²) >= 11 is 0. The molecule has 2 amide bonds. The molecule has 0 aliphatic carbocycles. The third-order valence-corrected chi connectivity index (χ3v) is 5.31. The third-order valence-electron chi connectivity index (χ3n) is 5.31. The van der Waals surface area contributed by atoms with Crippen LogP contribution in [0.25, 0.3) is 0 Å². The second-order valence-corrected chi connectivity index (χ2v) is 10.2. The third kappa shape index (κ3) is 11.4. The number of carbonyl (C=O) groups is 3. The minimum Gasteiger partial charge on any atom is -0.480 e.